The van der Waals surface area contributed by atoms with Crippen LogP contribution in [0, 0.1) is 17.6 Å². The molecule has 0 heterocycles. The van der Waals surface area contributed by atoms with E-state index < -0.39 is 11.6 Å². The quantitative estimate of drug-likeness (QED) is 0.868. The standard InChI is InChI=1S/C11H14F2N2O.ClH/c1-7(5-14)11(16)15-6-8-2-3-9(12)10(13)4-8;/h2-4,7H,5-6,14H2,1H3,(H,15,16);1H. The molecule has 96 valence electrons. The summed E-state index contributed by atoms with van der Waals surface area (Å²) in [6.45, 7) is 2.12. The largest absolute Gasteiger partial charge is 0.352 e. The fraction of sp³-hybridized carbons (Fsp3) is 0.364. The van der Waals surface area contributed by atoms with Crippen molar-refractivity contribution in [3.8, 4) is 0 Å². The molecule has 1 atom stereocenters. The molecular formula is C11H15ClF2N2O. The molecule has 0 aliphatic carbocycles. The Bertz CT molecular complexity index is 388. The first kappa shape index (κ1) is 15.8. The maximum atomic E-state index is 12.8. The van der Waals surface area contributed by atoms with Crippen LogP contribution in [-0.2, 0) is 11.3 Å². The molecule has 1 aromatic rings. The smallest absolute Gasteiger partial charge is 0.224 e. The van der Waals surface area contributed by atoms with Crippen LogP contribution in [0.5, 0.6) is 0 Å². The molecule has 6 heteroatoms. The van der Waals surface area contributed by atoms with E-state index in [1.807, 2.05) is 0 Å². The van der Waals surface area contributed by atoms with E-state index >= 15 is 0 Å². The third-order valence-corrected chi connectivity index (χ3v) is 2.25. The van der Waals surface area contributed by atoms with Crippen LogP contribution in [-0.4, -0.2) is 12.5 Å². The fourth-order valence-corrected chi connectivity index (χ4v) is 1.12. The number of hydrogen-bond acceptors (Lipinski definition) is 2. The van der Waals surface area contributed by atoms with E-state index in [0.29, 0.717) is 5.56 Å². The Morgan fingerprint density at radius 2 is 2.06 bits per heavy atom. The molecule has 0 aromatic heterocycles. The minimum atomic E-state index is -0.918. The molecule has 1 aromatic carbocycles. The average Bonchev–Trinajstić information content (AvgIpc) is 2.29. The number of nitrogens with two attached hydrogens (primary N) is 1. The number of rotatable bonds is 4. The first-order valence-electron chi connectivity index (χ1n) is 4.96. The van der Waals surface area contributed by atoms with Crippen molar-refractivity contribution in [3.05, 3.63) is 35.4 Å². The lowest BCUT2D eigenvalue weighted by Gasteiger charge is -2.09. The number of hydrogen-bond donors (Lipinski definition) is 2. The summed E-state index contributed by atoms with van der Waals surface area (Å²) >= 11 is 0. The summed E-state index contributed by atoms with van der Waals surface area (Å²) < 4.78 is 25.4. The number of halogens is 3. The molecule has 0 fully saturated rings. The predicted molar refractivity (Wildman–Crippen MR) is 63.7 cm³/mol. The van der Waals surface area contributed by atoms with E-state index in [-0.39, 0.29) is 37.3 Å². The second-order valence-electron chi connectivity index (χ2n) is 3.60. The molecule has 0 saturated heterocycles. The van der Waals surface area contributed by atoms with Gasteiger partial charge in [0.1, 0.15) is 0 Å². The number of amides is 1. The van der Waals surface area contributed by atoms with Crippen LogP contribution in [0.25, 0.3) is 0 Å². The third-order valence-electron chi connectivity index (χ3n) is 2.25. The van der Waals surface area contributed by atoms with Gasteiger partial charge in [-0.3, -0.25) is 4.79 Å². The maximum absolute atomic E-state index is 12.8. The molecule has 0 aliphatic heterocycles. The Morgan fingerprint density at radius 1 is 1.41 bits per heavy atom. The van der Waals surface area contributed by atoms with Crippen LogP contribution in [0.15, 0.2) is 18.2 Å². The molecule has 0 spiro atoms. The Hall–Kier alpha value is -1.20. The van der Waals surface area contributed by atoms with Gasteiger partial charge in [0.05, 0.1) is 0 Å². The molecule has 1 amide bonds. The monoisotopic (exact) mass is 264 g/mol. The highest BCUT2D eigenvalue weighted by Crippen LogP contribution is 2.08. The highest BCUT2D eigenvalue weighted by molar-refractivity contribution is 5.85. The van der Waals surface area contributed by atoms with Gasteiger partial charge in [-0.25, -0.2) is 8.78 Å². The summed E-state index contributed by atoms with van der Waals surface area (Å²) in [7, 11) is 0. The van der Waals surface area contributed by atoms with Crippen molar-refractivity contribution in [2.75, 3.05) is 6.54 Å². The van der Waals surface area contributed by atoms with Crippen molar-refractivity contribution in [2.24, 2.45) is 11.7 Å². The molecule has 17 heavy (non-hydrogen) atoms. The molecular weight excluding hydrogens is 250 g/mol. The lowest BCUT2D eigenvalue weighted by molar-refractivity contribution is -0.124. The zero-order chi connectivity index (χ0) is 12.1. The van der Waals surface area contributed by atoms with E-state index in [4.69, 9.17) is 5.73 Å². The number of carbonyl (C=O) groups is 1. The van der Waals surface area contributed by atoms with E-state index in [0.717, 1.165) is 12.1 Å². The summed E-state index contributed by atoms with van der Waals surface area (Å²) in [5.41, 5.74) is 5.83. The van der Waals surface area contributed by atoms with Crippen molar-refractivity contribution in [3.63, 3.8) is 0 Å². The molecule has 0 aliphatic rings. The molecule has 3 nitrogen and oxygen atoms in total. The normalized spacial score (nSPS) is 11.5. The van der Waals surface area contributed by atoms with Crippen molar-refractivity contribution in [2.45, 2.75) is 13.5 Å². The van der Waals surface area contributed by atoms with Gasteiger partial charge in [0.2, 0.25) is 5.91 Å². The number of carbonyl (C=O) groups excluding carboxylic acids is 1. The van der Waals surface area contributed by atoms with Gasteiger partial charge in [0, 0.05) is 19.0 Å². The van der Waals surface area contributed by atoms with Gasteiger partial charge in [-0.05, 0) is 17.7 Å². The van der Waals surface area contributed by atoms with Gasteiger partial charge < -0.3 is 11.1 Å². The lowest BCUT2D eigenvalue weighted by Crippen LogP contribution is -2.32. The van der Waals surface area contributed by atoms with Gasteiger partial charge in [0.25, 0.3) is 0 Å². The second-order valence-corrected chi connectivity index (χ2v) is 3.60. The maximum Gasteiger partial charge on any atom is 0.224 e. The highest BCUT2D eigenvalue weighted by Gasteiger charge is 2.10. The fourth-order valence-electron chi connectivity index (χ4n) is 1.12. The zero-order valence-electron chi connectivity index (χ0n) is 9.37. The van der Waals surface area contributed by atoms with Gasteiger partial charge in [0.15, 0.2) is 11.6 Å². The van der Waals surface area contributed by atoms with Crippen LogP contribution in [0.1, 0.15) is 12.5 Å². The third kappa shape index (κ3) is 4.66. The first-order chi connectivity index (χ1) is 7.54. The predicted octanol–water partition coefficient (Wildman–Crippen LogP) is 1.60. The Kier molecular flexibility index (Phi) is 6.68. The molecule has 0 bridgehead atoms. The topological polar surface area (TPSA) is 55.1 Å². The first-order valence-corrected chi connectivity index (χ1v) is 4.96. The van der Waals surface area contributed by atoms with E-state index in [1.54, 1.807) is 6.92 Å². The van der Waals surface area contributed by atoms with Crippen LogP contribution in [0.2, 0.25) is 0 Å². The van der Waals surface area contributed by atoms with Gasteiger partial charge in [-0.15, -0.1) is 12.4 Å². The number of benzene rings is 1. The van der Waals surface area contributed by atoms with Gasteiger partial charge in [-0.2, -0.15) is 0 Å². The summed E-state index contributed by atoms with van der Waals surface area (Å²) in [6, 6.07) is 3.51. The minimum Gasteiger partial charge on any atom is -0.352 e. The summed E-state index contributed by atoms with van der Waals surface area (Å²) in [5, 5.41) is 2.59. The van der Waals surface area contributed by atoms with Crippen molar-refractivity contribution < 1.29 is 13.6 Å². The zero-order valence-corrected chi connectivity index (χ0v) is 10.2. The van der Waals surface area contributed by atoms with E-state index in [9.17, 15) is 13.6 Å². The lowest BCUT2D eigenvalue weighted by atomic mass is 10.1. The highest BCUT2D eigenvalue weighted by atomic mass is 35.5. The molecule has 3 N–H and O–H groups in total. The molecule has 1 rings (SSSR count). The Morgan fingerprint density at radius 3 is 2.59 bits per heavy atom. The SMILES string of the molecule is CC(CN)C(=O)NCc1ccc(F)c(F)c1.Cl. The minimum absolute atomic E-state index is 0. The van der Waals surface area contributed by atoms with Crippen molar-refractivity contribution in [1.29, 1.82) is 0 Å². The van der Waals surface area contributed by atoms with Gasteiger partial charge in [-0.1, -0.05) is 13.0 Å². The Labute approximate surface area is 105 Å². The molecule has 0 radical (unpaired) electrons. The Balaban J connectivity index is 0.00000256. The summed E-state index contributed by atoms with van der Waals surface area (Å²) in [4.78, 5) is 11.3. The van der Waals surface area contributed by atoms with Crippen molar-refractivity contribution >= 4 is 18.3 Å². The second kappa shape index (κ2) is 7.19. The van der Waals surface area contributed by atoms with Crippen LogP contribution >= 0.6 is 12.4 Å². The molecule has 1 unspecified atom stereocenters. The van der Waals surface area contributed by atoms with Crippen LogP contribution in [0.4, 0.5) is 8.78 Å². The van der Waals surface area contributed by atoms with Crippen molar-refractivity contribution in [1.82, 2.24) is 5.32 Å². The summed E-state index contributed by atoms with van der Waals surface area (Å²) in [5.74, 6) is -2.30. The van der Waals surface area contributed by atoms with Gasteiger partial charge >= 0.3 is 0 Å². The average molecular weight is 265 g/mol. The van der Waals surface area contributed by atoms with Crippen LogP contribution in [0.3, 0.4) is 0 Å². The molecule has 0 saturated carbocycles. The van der Waals surface area contributed by atoms with E-state index in [2.05, 4.69) is 5.32 Å². The summed E-state index contributed by atoms with van der Waals surface area (Å²) in [6.07, 6.45) is 0. The van der Waals surface area contributed by atoms with Crippen LogP contribution < -0.4 is 11.1 Å². The van der Waals surface area contributed by atoms with E-state index in [1.165, 1.54) is 6.07 Å². The number of nitrogens with one attached hydrogen (secondary N) is 1.